The van der Waals surface area contributed by atoms with E-state index in [0.29, 0.717) is 0 Å². The molecule has 4 heteroatoms. The van der Waals surface area contributed by atoms with E-state index in [1.54, 1.807) is 0 Å². The summed E-state index contributed by atoms with van der Waals surface area (Å²) in [5.74, 6) is 0. The SMILES string of the molecule is Cc1cc(C)c(CC(N)CO)[nH]1.Cl. The summed E-state index contributed by atoms with van der Waals surface area (Å²) in [5.41, 5.74) is 9.11. The number of rotatable bonds is 3. The number of halogens is 1. The molecule has 1 atom stereocenters. The monoisotopic (exact) mass is 204 g/mol. The fourth-order valence-corrected chi connectivity index (χ4v) is 1.32. The molecule has 0 saturated heterocycles. The Morgan fingerprint density at radius 1 is 1.54 bits per heavy atom. The predicted molar refractivity (Wildman–Crippen MR) is 56.3 cm³/mol. The lowest BCUT2D eigenvalue weighted by Gasteiger charge is -2.06. The molecule has 0 amide bonds. The van der Waals surface area contributed by atoms with Crippen LogP contribution in [0.1, 0.15) is 17.0 Å². The van der Waals surface area contributed by atoms with Gasteiger partial charge < -0.3 is 15.8 Å². The summed E-state index contributed by atoms with van der Waals surface area (Å²) in [4.78, 5) is 3.22. The summed E-state index contributed by atoms with van der Waals surface area (Å²) in [6, 6.07) is 1.93. The number of aliphatic hydroxyl groups is 1. The maximum Gasteiger partial charge on any atom is 0.0586 e. The van der Waals surface area contributed by atoms with E-state index in [9.17, 15) is 0 Å². The highest BCUT2D eigenvalue weighted by molar-refractivity contribution is 5.85. The van der Waals surface area contributed by atoms with Crippen molar-refractivity contribution in [2.45, 2.75) is 26.3 Å². The van der Waals surface area contributed by atoms with E-state index in [0.717, 1.165) is 17.8 Å². The molecule has 0 saturated carbocycles. The Morgan fingerprint density at radius 2 is 2.15 bits per heavy atom. The van der Waals surface area contributed by atoms with E-state index >= 15 is 0 Å². The summed E-state index contributed by atoms with van der Waals surface area (Å²) < 4.78 is 0. The minimum absolute atomic E-state index is 0. The van der Waals surface area contributed by atoms with Gasteiger partial charge in [-0.05, 0) is 25.5 Å². The van der Waals surface area contributed by atoms with Gasteiger partial charge in [-0.3, -0.25) is 0 Å². The number of nitrogens with one attached hydrogen (secondary N) is 1. The number of aryl methyl sites for hydroxylation is 2. The van der Waals surface area contributed by atoms with Crippen LogP contribution in [0.15, 0.2) is 6.07 Å². The normalized spacial score (nSPS) is 12.3. The van der Waals surface area contributed by atoms with E-state index in [1.165, 1.54) is 5.56 Å². The average molecular weight is 205 g/mol. The Labute approximate surface area is 84.8 Å². The molecule has 1 rings (SSSR count). The Morgan fingerprint density at radius 3 is 2.54 bits per heavy atom. The lowest BCUT2D eigenvalue weighted by atomic mass is 10.1. The Kier molecular flexibility index (Phi) is 5.06. The summed E-state index contributed by atoms with van der Waals surface area (Å²) in [6.07, 6.45) is 0.718. The van der Waals surface area contributed by atoms with Crippen molar-refractivity contribution in [1.29, 1.82) is 0 Å². The first kappa shape index (κ1) is 12.5. The zero-order chi connectivity index (χ0) is 9.14. The smallest absolute Gasteiger partial charge is 0.0586 e. The van der Waals surface area contributed by atoms with Gasteiger partial charge in [0.25, 0.3) is 0 Å². The predicted octanol–water partition coefficient (Wildman–Crippen LogP) is 0.915. The zero-order valence-corrected chi connectivity index (χ0v) is 8.82. The molecule has 0 fully saturated rings. The van der Waals surface area contributed by atoms with Gasteiger partial charge in [-0.25, -0.2) is 0 Å². The second kappa shape index (κ2) is 5.27. The molecule has 4 N–H and O–H groups in total. The lowest BCUT2D eigenvalue weighted by Crippen LogP contribution is -2.27. The van der Waals surface area contributed by atoms with Crippen LogP contribution < -0.4 is 5.73 Å². The standard InChI is InChI=1S/C9H16N2O.ClH/c1-6-3-7(2)11-9(6)4-8(10)5-12;/h3,8,11-12H,4-5,10H2,1-2H3;1H. The number of H-pyrrole nitrogens is 1. The van der Waals surface area contributed by atoms with Crippen molar-refractivity contribution in [3.05, 3.63) is 23.0 Å². The van der Waals surface area contributed by atoms with E-state index in [4.69, 9.17) is 10.8 Å². The van der Waals surface area contributed by atoms with Crippen molar-refractivity contribution in [1.82, 2.24) is 4.98 Å². The third-order valence-electron chi connectivity index (χ3n) is 1.96. The highest BCUT2D eigenvalue weighted by Crippen LogP contribution is 2.10. The van der Waals surface area contributed by atoms with Crippen molar-refractivity contribution in [2.24, 2.45) is 5.73 Å². The van der Waals surface area contributed by atoms with Crippen LogP contribution >= 0.6 is 12.4 Å². The molecule has 1 heterocycles. The van der Waals surface area contributed by atoms with Gasteiger partial charge in [0.1, 0.15) is 0 Å². The van der Waals surface area contributed by atoms with Crippen LogP contribution in [0.5, 0.6) is 0 Å². The number of hydrogen-bond donors (Lipinski definition) is 3. The third kappa shape index (κ3) is 3.38. The number of hydrogen-bond acceptors (Lipinski definition) is 2. The van der Waals surface area contributed by atoms with Crippen molar-refractivity contribution in [3.8, 4) is 0 Å². The molecular formula is C9H17ClN2O. The van der Waals surface area contributed by atoms with Crippen LogP contribution in [-0.2, 0) is 6.42 Å². The first-order valence-electron chi connectivity index (χ1n) is 4.15. The highest BCUT2D eigenvalue weighted by atomic mass is 35.5. The molecule has 0 spiro atoms. The highest BCUT2D eigenvalue weighted by Gasteiger charge is 2.06. The second-order valence-corrected chi connectivity index (χ2v) is 3.26. The van der Waals surface area contributed by atoms with Crippen molar-refractivity contribution < 1.29 is 5.11 Å². The summed E-state index contributed by atoms with van der Waals surface area (Å²) >= 11 is 0. The number of aliphatic hydroxyl groups excluding tert-OH is 1. The van der Waals surface area contributed by atoms with E-state index < -0.39 is 0 Å². The Bertz CT molecular complexity index is 260. The van der Waals surface area contributed by atoms with Gasteiger partial charge in [0.2, 0.25) is 0 Å². The van der Waals surface area contributed by atoms with Crippen LogP contribution in [0, 0.1) is 13.8 Å². The number of nitrogens with two attached hydrogens (primary N) is 1. The minimum Gasteiger partial charge on any atom is -0.395 e. The average Bonchev–Trinajstić information content (AvgIpc) is 2.30. The van der Waals surface area contributed by atoms with Gasteiger partial charge in [-0.2, -0.15) is 0 Å². The number of aromatic nitrogens is 1. The molecular weight excluding hydrogens is 188 g/mol. The van der Waals surface area contributed by atoms with Crippen LogP contribution in [0.4, 0.5) is 0 Å². The lowest BCUT2D eigenvalue weighted by molar-refractivity contribution is 0.264. The van der Waals surface area contributed by atoms with Gasteiger partial charge in [0.05, 0.1) is 6.61 Å². The summed E-state index contributed by atoms with van der Waals surface area (Å²) in [7, 11) is 0. The van der Waals surface area contributed by atoms with Gasteiger partial charge >= 0.3 is 0 Å². The largest absolute Gasteiger partial charge is 0.395 e. The fourth-order valence-electron chi connectivity index (χ4n) is 1.32. The van der Waals surface area contributed by atoms with Gasteiger partial charge in [-0.15, -0.1) is 12.4 Å². The van der Waals surface area contributed by atoms with Crippen molar-refractivity contribution in [2.75, 3.05) is 6.61 Å². The Hall–Kier alpha value is -0.510. The summed E-state index contributed by atoms with van der Waals surface area (Å²) in [6.45, 7) is 4.10. The van der Waals surface area contributed by atoms with Crippen LogP contribution in [0.3, 0.4) is 0 Å². The van der Waals surface area contributed by atoms with Crippen molar-refractivity contribution in [3.63, 3.8) is 0 Å². The minimum atomic E-state index is -0.151. The first-order chi connectivity index (χ1) is 5.63. The molecule has 3 nitrogen and oxygen atoms in total. The van der Waals surface area contributed by atoms with E-state index in [2.05, 4.69) is 11.1 Å². The molecule has 0 aromatic carbocycles. The fraction of sp³-hybridized carbons (Fsp3) is 0.556. The Balaban J connectivity index is 0.00000144. The zero-order valence-electron chi connectivity index (χ0n) is 8.00. The second-order valence-electron chi connectivity index (χ2n) is 3.26. The molecule has 0 aliphatic carbocycles. The van der Waals surface area contributed by atoms with Gasteiger partial charge in [0.15, 0.2) is 0 Å². The molecule has 1 aromatic rings. The first-order valence-corrected chi connectivity index (χ1v) is 4.15. The van der Waals surface area contributed by atoms with E-state index in [1.807, 2.05) is 13.8 Å². The molecule has 1 unspecified atom stereocenters. The van der Waals surface area contributed by atoms with Crippen LogP contribution in [-0.4, -0.2) is 22.7 Å². The van der Waals surface area contributed by atoms with Crippen LogP contribution in [0.25, 0.3) is 0 Å². The maximum atomic E-state index is 8.75. The number of aromatic amines is 1. The van der Waals surface area contributed by atoms with Gasteiger partial charge in [0, 0.05) is 23.9 Å². The topological polar surface area (TPSA) is 62.0 Å². The summed E-state index contributed by atoms with van der Waals surface area (Å²) in [5, 5.41) is 8.75. The van der Waals surface area contributed by atoms with Crippen molar-refractivity contribution >= 4 is 12.4 Å². The van der Waals surface area contributed by atoms with Gasteiger partial charge in [-0.1, -0.05) is 0 Å². The molecule has 0 aliphatic heterocycles. The third-order valence-corrected chi connectivity index (χ3v) is 1.96. The van der Waals surface area contributed by atoms with E-state index in [-0.39, 0.29) is 25.1 Å². The maximum absolute atomic E-state index is 8.75. The molecule has 13 heavy (non-hydrogen) atoms. The molecule has 0 radical (unpaired) electrons. The quantitative estimate of drug-likeness (QED) is 0.686. The molecule has 76 valence electrons. The molecule has 1 aromatic heterocycles. The van der Waals surface area contributed by atoms with Crippen LogP contribution in [0.2, 0.25) is 0 Å². The molecule has 0 bridgehead atoms. The molecule has 0 aliphatic rings.